The SMILES string of the molecule is COC(=O)c1c(C)cccc1CO[C@@H]1CCC[C@H](O)C1.Cc1cccc(CO[C@@H]2CCC[C@H](OCc3coc(C4CCCCC4)n3)C2)c1C(=O)O. The van der Waals surface area contributed by atoms with E-state index >= 15 is 0 Å². The van der Waals surface area contributed by atoms with E-state index in [0.29, 0.717) is 43.3 Å². The number of aryl methyl sites for hydroxylation is 2. The smallest absolute Gasteiger partial charge is 0.338 e. The number of carbonyl (C=O) groups excluding carboxylic acids is 1. The van der Waals surface area contributed by atoms with Crippen LogP contribution in [-0.2, 0) is 38.8 Å². The molecular weight excluding hydrogens is 650 g/mol. The van der Waals surface area contributed by atoms with Gasteiger partial charge in [-0.25, -0.2) is 14.6 Å². The fourth-order valence-electron chi connectivity index (χ4n) is 7.62. The van der Waals surface area contributed by atoms with Crippen molar-refractivity contribution in [2.75, 3.05) is 7.11 Å². The highest BCUT2D eigenvalue weighted by molar-refractivity contribution is 5.92. The Bertz CT molecular complexity index is 1560. The number of aliphatic hydroxyl groups excluding tert-OH is 1. The number of oxazole rings is 1. The minimum Gasteiger partial charge on any atom is -0.478 e. The third-order valence-electron chi connectivity index (χ3n) is 10.4. The number of aliphatic hydroxyl groups is 1. The van der Waals surface area contributed by atoms with Crippen LogP contribution in [0.5, 0.6) is 0 Å². The average Bonchev–Trinajstić information content (AvgIpc) is 3.62. The largest absolute Gasteiger partial charge is 0.478 e. The Morgan fingerprint density at radius 3 is 1.92 bits per heavy atom. The van der Waals surface area contributed by atoms with E-state index in [9.17, 15) is 19.8 Å². The highest BCUT2D eigenvalue weighted by Crippen LogP contribution is 2.32. The molecule has 2 N–H and O–H groups in total. The Kier molecular flexibility index (Phi) is 14.6. The summed E-state index contributed by atoms with van der Waals surface area (Å²) in [5.41, 5.74) is 5.04. The standard InChI is InChI=1S/C25H33NO5.C16H22O4/c1-17-7-5-10-19(23(17)25(27)28)14-29-21-11-6-12-22(13-21)30-15-20-16-31-24(26-20)18-8-3-2-4-9-18;1-11-5-3-6-12(15(11)16(18)19-2)10-20-14-8-4-7-13(17)9-14/h5,7,10,16,18,21-22H,2-4,6,8-9,11-15H2,1H3,(H,27,28);3,5-6,13-14,17H,4,7-10H2,1-2H3/t21-,22+;13-,14+/m10/s1. The molecule has 51 heavy (non-hydrogen) atoms. The number of carboxylic acid groups (broad SMARTS) is 1. The van der Waals surface area contributed by atoms with Crippen LogP contribution in [0.4, 0.5) is 0 Å². The molecule has 0 saturated heterocycles. The molecule has 3 saturated carbocycles. The second-order valence-electron chi connectivity index (χ2n) is 14.3. The van der Waals surface area contributed by atoms with Crippen LogP contribution in [0.25, 0.3) is 0 Å². The number of carbonyl (C=O) groups is 2. The average molecular weight is 706 g/mol. The summed E-state index contributed by atoms with van der Waals surface area (Å²) in [4.78, 5) is 28.1. The first-order valence-corrected chi connectivity index (χ1v) is 18.7. The summed E-state index contributed by atoms with van der Waals surface area (Å²) in [6.45, 7) is 4.87. The Hall–Kier alpha value is -3.57. The van der Waals surface area contributed by atoms with Gasteiger partial charge in [0, 0.05) is 5.92 Å². The van der Waals surface area contributed by atoms with Gasteiger partial charge in [-0.1, -0.05) is 55.7 Å². The van der Waals surface area contributed by atoms with Crippen molar-refractivity contribution in [3.05, 3.63) is 87.6 Å². The molecule has 3 aliphatic rings. The van der Waals surface area contributed by atoms with E-state index in [1.807, 2.05) is 50.2 Å². The molecule has 0 amide bonds. The van der Waals surface area contributed by atoms with Gasteiger partial charge in [-0.15, -0.1) is 0 Å². The number of ether oxygens (including phenoxy) is 4. The van der Waals surface area contributed by atoms with Crippen molar-refractivity contribution < 1.29 is 43.2 Å². The van der Waals surface area contributed by atoms with Crippen LogP contribution in [0.15, 0.2) is 47.1 Å². The third-order valence-corrected chi connectivity index (χ3v) is 10.4. The van der Waals surface area contributed by atoms with Crippen LogP contribution in [0.1, 0.15) is 144 Å². The fraction of sp³-hybridized carbons (Fsp3) is 0.585. The van der Waals surface area contributed by atoms with Crippen LogP contribution in [-0.4, -0.2) is 58.7 Å². The molecule has 3 aliphatic carbocycles. The highest BCUT2D eigenvalue weighted by Gasteiger charge is 2.26. The van der Waals surface area contributed by atoms with E-state index in [0.717, 1.165) is 78.8 Å². The summed E-state index contributed by atoms with van der Waals surface area (Å²) >= 11 is 0. The predicted octanol–water partition coefficient (Wildman–Crippen LogP) is 8.38. The summed E-state index contributed by atoms with van der Waals surface area (Å²) in [6, 6.07) is 11.2. The number of carboxylic acids is 1. The van der Waals surface area contributed by atoms with Gasteiger partial charge in [0.05, 0.1) is 62.5 Å². The maximum Gasteiger partial charge on any atom is 0.338 e. The van der Waals surface area contributed by atoms with E-state index in [1.54, 1.807) is 6.26 Å². The molecule has 0 aliphatic heterocycles. The second-order valence-corrected chi connectivity index (χ2v) is 14.3. The number of nitrogens with zero attached hydrogens (tertiary/aromatic N) is 1. The zero-order valence-corrected chi connectivity index (χ0v) is 30.4. The number of aromatic carboxylic acids is 1. The molecular formula is C41H55NO9. The van der Waals surface area contributed by atoms with Gasteiger partial charge in [-0.05, 0) is 100 Å². The van der Waals surface area contributed by atoms with Gasteiger partial charge in [0.1, 0.15) is 12.0 Å². The lowest BCUT2D eigenvalue weighted by molar-refractivity contribution is -0.0563. The number of aromatic nitrogens is 1. The minimum absolute atomic E-state index is 0.0739. The number of hydrogen-bond acceptors (Lipinski definition) is 9. The molecule has 10 nitrogen and oxygen atoms in total. The monoisotopic (exact) mass is 705 g/mol. The first-order chi connectivity index (χ1) is 24.7. The lowest BCUT2D eigenvalue weighted by atomic mass is 9.89. The topological polar surface area (TPSA) is 138 Å². The fourth-order valence-corrected chi connectivity index (χ4v) is 7.62. The van der Waals surface area contributed by atoms with E-state index in [1.165, 1.54) is 39.2 Å². The maximum atomic E-state index is 11.8. The predicted molar refractivity (Wildman–Crippen MR) is 192 cm³/mol. The van der Waals surface area contributed by atoms with Crippen molar-refractivity contribution in [3.63, 3.8) is 0 Å². The zero-order valence-electron chi connectivity index (χ0n) is 30.4. The summed E-state index contributed by atoms with van der Waals surface area (Å²) in [7, 11) is 1.39. The molecule has 1 aromatic heterocycles. The number of rotatable bonds is 12. The van der Waals surface area contributed by atoms with E-state index in [4.69, 9.17) is 23.4 Å². The molecule has 0 bridgehead atoms. The van der Waals surface area contributed by atoms with Crippen molar-refractivity contribution in [2.24, 2.45) is 0 Å². The minimum atomic E-state index is -0.901. The van der Waals surface area contributed by atoms with Crippen LogP contribution in [0.2, 0.25) is 0 Å². The van der Waals surface area contributed by atoms with Gasteiger partial charge in [-0.3, -0.25) is 0 Å². The van der Waals surface area contributed by atoms with Crippen molar-refractivity contribution in [2.45, 2.75) is 147 Å². The van der Waals surface area contributed by atoms with Gasteiger partial charge in [0.15, 0.2) is 5.89 Å². The Labute approximate surface area is 301 Å². The summed E-state index contributed by atoms with van der Waals surface area (Å²) in [5, 5.41) is 19.1. The summed E-state index contributed by atoms with van der Waals surface area (Å²) in [5.74, 6) is 0.106. The van der Waals surface area contributed by atoms with Gasteiger partial charge < -0.3 is 33.6 Å². The number of methoxy groups -OCH3 is 1. The van der Waals surface area contributed by atoms with Crippen molar-refractivity contribution >= 4 is 11.9 Å². The third kappa shape index (κ3) is 11.2. The van der Waals surface area contributed by atoms with E-state index in [-0.39, 0.29) is 30.4 Å². The molecule has 1 heterocycles. The normalized spacial score (nSPS) is 22.5. The maximum absolute atomic E-state index is 11.8. The highest BCUT2D eigenvalue weighted by atomic mass is 16.5. The molecule has 0 unspecified atom stereocenters. The van der Waals surface area contributed by atoms with Crippen molar-refractivity contribution in [1.82, 2.24) is 4.98 Å². The van der Waals surface area contributed by atoms with Gasteiger partial charge in [-0.2, -0.15) is 0 Å². The van der Waals surface area contributed by atoms with Crippen molar-refractivity contribution in [3.8, 4) is 0 Å². The number of esters is 1. The molecule has 3 aromatic rings. The first-order valence-electron chi connectivity index (χ1n) is 18.7. The lowest BCUT2D eigenvalue weighted by Gasteiger charge is -2.29. The summed E-state index contributed by atoms with van der Waals surface area (Å²) in [6.07, 6.45) is 15.3. The Morgan fingerprint density at radius 2 is 1.31 bits per heavy atom. The Morgan fingerprint density at radius 1 is 0.745 bits per heavy atom. The van der Waals surface area contributed by atoms with Crippen LogP contribution >= 0.6 is 0 Å². The van der Waals surface area contributed by atoms with Gasteiger partial charge >= 0.3 is 11.9 Å². The molecule has 2 aromatic carbocycles. The van der Waals surface area contributed by atoms with E-state index < -0.39 is 5.97 Å². The lowest BCUT2D eigenvalue weighted by Crippen LogP contribution is -2.28. The molecule has 0 radical (unpaired) electrons. The van der Waals surface area contributed by atoms with Crippen LogP contribution < -0.4 is 0 Å². The van der Waals surface area contributed by atoms with Gasteiger partial charge in [0.25, 0.3) is 0 Å². The molecule has 0 spiro atoms. The molecule has 6 rings (SSSR count). The number of hydrogen-bond donors (Lipinski definition) is 2. The molecule has 4 atom stereocenters. The molecule has 10 heteroatoms. The first kappa shape index (κ1) is 38.7. The Balaban J connectivity index is 0.000000218. The zero-order chi connectivity index (χ0) is 36.2. The summed E-state index contributed by atoms with van der Waals surface area (Å²) < 4.78 is 28.7. The quantitative estimate of drug-likeness (QED) is 0.177. The number of benzene rings is 2. The van der Waals surface area contributed by atoms with Crippen LogP contribution in [0, 0.1) is 13.8 Å². The van der Waals surface area contributed by atoms with Crippen LogP contribution in [0.3, 0.4) is 0 Å². The second kappa shape index (κ2) is 19.3. The molecule has 3 fully saturated rings. The van der Waals surface area contributed by atoms with Crippen molar-refractivity contribution in [1.29, 1.82) is 0 Å². The van der Waals surface area contributed by atoms with Gasteiger partial charge in [0.2, 0.25) is 0 Å². The van der Waals surface area contributed by atoms with E-state index in [2.05, 4.69) is 4.98 Å². The molecule has 278 valence electrons.